The van der Waals surface area contributed by atoms with Crippen LogP contribution >= 0.6 is 0 Å². The van der Waals surface area contributed by atoms with Crippen LogP contribution in [0.5, 0.6) is 0 Å². The predicted octanol–water partition coefficient (Wildman–Crippen LogP) is 5.04. The molecule has 0 radical (unpaired) electrons. The summed E-state index contributed by atoms with van der Waals surface area (Å²) in [7, 11) is 0. The summed E-state index contributed by atoms with van der Waals surface area (Å²) in [6, 6.07) is 9.39. The minimum Gasteiger partial charge on any atom is -0.480 e. The Balaban J connectivity index is 0.000000344. The molecule has 244 valence electrons. The number of carbonyl (C=O) groups is 3. The SMILES string of the molecule is CCC1OC(OCC(=O)NCC(=O)OCc2ccccc2)C(C)C(C)C1C.CCC1OC(OCC(=O)O)C(C)C(C)C1C. The molecule has 0 spiro atoms. The van der Waals surface area contributed by atoms with Crippen molar-refractivity contribution >= 4 is 17.8 Å². The standard InChI is InChI=1S/C21H31NO5.C12H22O4/c1-5-18-15(3)14(2)16(4)21(27-18)26-13-19(23)22-11-20(24)25-12-17-9-7-6-8-10-17;1-5-10-8(3)7(2)9(4)12(16-10)15-6-11(13)14/h6-10,14-16,18,21H,5,11-13H2,1-4H3,(H,22,23);7-10,12H,5-6H2,1-4H3,(H,13,14). The highest BCUT2D eigenvalue weighted by molar-refractivity contribution is 5.82. The van der Waals surface area contributed by atoms with Crippen molar-refractivity contribution < 1.29 is 43.2 Å². The molecule has 10 heteroatoms. The van der Waals surface area contributed by atoms with Crippen LogP contribution in [-0.4, -0.2) is 67.5 Å². The van der Waals surface area contributed by atoms with Gasteiger partial charge in [0.1, 0.15) is 26.4 Å². The van der Waals surface area contributed by atoms with Crippen LogP contribution in [0.15, 0.2) is 30.3 Å². The molecule has 0 aromatic heterocycles. The van der Waals surface area contributed by atoms with E-state index in [1.165, 1.54) is 0 Å². The lowest BCUT2D eigenvalue weighted by Gasteiger charge is -2.43. The maximum Gasteiger partial charge on any atom is 0.329 e. The second kappa shape index (κ2) is 18.3. The zero-order chi connectivity index (χ0) is 32.1. The Kier molecular flexibility index (Phi) is 15.6. The summed E-state index contributed by atoms with van der Waals surface area (Å²) in [4.78, 5) is 34.2. The third-order valence-corrected chi connectivity index (χ3v) is 9.19. The number of hydrogen-bond acceptors (Lipinski definition) is 8. The van der Waals surface area contributed by atoms with E-state index in [1.54, 1.807) is 0 Å². The van der Waals surface area contributed by atoms with Gasteiger partial charge in [0.25, 0.3) is 0 Å². The summed E-state index contributed by atoms with van der Waals surface area (Å²) in [6.45, 7) is 16.6. The molecule has 0 bridgehead atoms. The van der Waals surface area contributed by atoms with E-state index in [9.17, 15) is 14.4 Å². The van der Waals surface area contributed by atoms with Gasteiger partial charge in [-0.1, -0.05) is 85.7 Å². The third kappa shape index (κ3) is 11.5. The molecule has 1 aromatic rings. The first kappa shape index (κ1) is 36.7. The van der Waals surface area contributed by atoms with Crippen LogP contribution < -0.4 is 5.32 Å². The van der Waals surface area contributed by atoms with E-state index in [0.29, 0.717) is 23.7 Å². The van der Waals surface area contributed by atoms with Gasteiger partial charge in [-0.05, 0) is 42.1 Å². The van der Waals surface area contributed by atoms with Gasteiger partial charge in [-0.2, -0.15) is 0 Å². The van der Waals surface area contributed by atoms with Gasteiger partial charge in [0.2, 0.25) is 5.91 Å². The average molecular weight is 608 g/mol. The second-order valence-corrected chi connectivity index (χ2v) is 12.0. The minimum atomic E-state index is -0.949. The van der Waals surface area contributed by atoms with Gasteiger partial charge < -0.3 is 34.1 Å². The molecule has 10 atom stereocenters. The molecular formula is C33H53NO9. The Bertz CT molecular complexity index is 986. The van der Waals surface area contributed by atoms with E-state index in [4.69, 9.17) is 28.8 Å². The van der Waals surface area contributed by atoms with Crippen molar-refractivity contribution in [1.29, 1.82) is 0 Å². The van der Waals surface area contributed by atoms with Crippen LogP contribution in [0, 0.1) is 35.5 Å². The van der Waals surface area contributed by atoms with Gasteiger partial charge in [0, 0.05) is 11.8 Å². The number of carboxylic acids is 1. The highest BCUT2D eigenvalue weighted by Gasteiger charge is 2.40. The van der Waals surface area contributed by atoms with E-state index in [1.807, 2.05) is 30.3 Å². The molecule has 10 unspecified atom stereocenters. The quantitative estimate of drug-likeness (QED) is 0.314. The first-order valence-electron chi connectivity index (χ1n) is 15.6. The Morgan fingerprint density at radius 1 is 0.744 bits per heavy atom. The smallest absolute Gasteiger partial charge is 0.329 e. The van der Waals surface area contributed by atoms with Crippen LogP contribution in [0.2, 0.25) is 0 Å². The Labute approximate surface area is 257 Å². The fourth-order valence-electron chi connectivity index (χ4n) is 5.61. The lowest BCUT2D eigenvalue weighted by atomic mass is 9.78. The number of carbonyl (C=O) groups excluding carboxylic acids is 2. The number of aliphatic carboxylic acids is 1. The fraction of sp³-hybridized carbons (Fsp3) is 0.727. The molecule has 10 nitrogen and oxygen atoms in total. The molecule has 2 fully saturated rings. The molecular weight excluding hydrogens is 554 g/mol. The predicted molar refractivity (Wildman–Crippen MR) is 162 cm³/mol. The van der Waals surface area contributed by atoms with Crippen molar-refractivity contribution in [1.82, 2.24) is 5.32 Å². The summed E-state index contributed by atoms with van der Waals surface area (Å²) in [5.74, 6) is 0.522. The van der Waals surface area contributed by atoms with Crippen molar-refractivity contribution in [3.05, 3.63) is 35.9 Å². The van der Waals surface area contributed by atoms with Gasteiger partial charge in [0.05, 0.1) is 12.2 Å². The number of carboxylic acid groups (broad SMARTS) is 1. The minimum absolute atomic E-state index is 0.136. The van der Waals surface area contributed by atoms with Crippen LogP contribution in [-0.2, 0) is 44.7 Å². The van der Waals surface area contributed by atoms with Crippen molar-refractivity contribution in [2.45, 2.75) is 99.6 Å². The molecule has 0 aliphatic carbocycles. The summed E-state index contributed by atoms with van der Waals surface area (Å²) in [5, 5.41) is 11.1. The van der Waals surface area contributed by atoms with E-state index in [-0.39, 0.29) is 62.6 Å². The van der Waals surface area contributed by atoms with E-state index >= 15 is 0 Å². The number of benzene rings is 1. The highest BCUT2D eigenvalue weighted by atomic mass is 16.7. The van der Waals surface area contributed by atoms with Crippen LogP contribution in [0.3, 0.4) is 0 Å². The molecule has 1 aromatic carbocycles. The molecule has 2 aliphatic rings. The number of amides is 1. The molecule has 2 N–H and O–H groups in total. The zero-order valence-electron chi connectivity index (χ0n) is 27.1. The summed E-state index contributed by atoms with van der Waals surface area (Å²) in [6.07, 6.45) is 1.37. The molecule has 43 heavy (non-hydrogen) atoms. The summed E-state index contributed by atoms with van der Waals surface area (Å²) >= 11 is 0. The topological polar surface area (TPSA) is 130 Å². The van der Waals surface area contributed by atoms with Crippen molar-refractivity contribution in [3.8, 4) is 0 Å². The van der Waals surface area contributed by atoms with Gasteiger partial charge in [-0.25, -0.2) is 4.79 Å². The van der Waals surface area contributed by atoms with Gasteiger partial charge in [0.15, 0.2) is 12.6 Å². The van der Waals surface area contributed by atoms with Crippen molar-refractivity contribution in [2.24, 2.45) is 35.5 Å². The van der Waals surface area contributed by atoms with E-state index < -0.39 is 18.2 Å². The van der Waals surface area contributed by atoms with Crippen molar-refractivity contribution in [3.63, 3.8) is 0 Å². The molecule has 3 rings (SSSR count). The zero-order valence-corrected chi connectivity index (χ0v) is 27.1. The lowest BCUT2D eigenvalue weighted by molar-refractivity contribution is -0.248. The Morgan fingerprint density at radius 3 is 1.70 bits per heavy atom. The molecule has 1 amide bonds. The normalized spacial score (nSPS) is 32.2. The number of esters is 1. The molecule has 0 saturated carbocycles. The summed E-state index contributed by atoms with van der Waals surface area (Å²) in [5.41, 5.74) is 0.901. The average Bonchev–Trinajstić information content (AvgIpc) is 3.00. The van der Waals surface area contributed by atoms with Gasteiger partial charge >= 0.3 is 11.9 Å². The number of nitrogens with one attached hydrogen (secondary N) is 1. The Morgan fingerprint density at radius 2 is 1.23 bits per heavy atom. The number of rotatable bonds is 12. The van der Waals surface area contributed by atoms with E-state index in [2.05, 4.69) is 60.7 Å². The fourth-order valence-corrected chi connectivity index (χ4v) is 5.61. The number of ether oxygens (including phenoxy) is 5. The van der Waals surface area contributed by atoms with Crippen LogP contribution in [0.25, 0.3) is 0 Å². The monoisotopic (exact) mass is 607 g/mol. The third-order valence-electron chi connectivity index (χ3n) is 9.19. The second-order valence-electron chi connectivity index (χ2n) is 12.0. The molecule has 2 saturated heterocycles. The first-order chi connectivity index (χ1) is 20.4. The van der Waals surface area contributed by atoms with Crippen LogP contribution in [0.1, 0.15) is 73.8 Å². The molecule has 2 heterocycles. The maximum atomic E-state index is 12.0. The van der Waals surface area contributed by atoms with Crippen LogP contribution in [0.4, 0.5) is 0 Å². The maximum absolute atomic E-state index is 12.0. The van der Waals surface area contributed by atoms with Gasteiger partial charge in [-0.3, -0.25) is 9.59 Å². The molecule has 2 aliphatic heterocycles. The Hall–Kier alpha value is -2.53. The van der Waals surface area contributed by atoms with E-state index in [0.717, 1.165) is 18.4 Å². The number of hydrogen-bond donors (Lipinski definition) is 2. The highest BCUT2D eigenvalue weighted by Crippen LogP contribution is 2.37. The van der Waals surface area contributed by atoms with Crippen molar-refractivity contribution in [2.75, 3.05) is 19.8 Å². The lowest BCUT2D eigenvalue weighted by Crippen LogP contribution is -2.46. The summed E-state index contributed by atoms with van der Waals surface area (Å²) < 4.78 is 27.9. The first-order valence-corrected chi connectivity index (χ1v) is 15.6. The largest absolute Gasteiger partial charge is 0.480 e. The van der Waals surface area contributed by atoms with Gasteiger partial charge in [-0.15, -0.1) is 0 Å².